The van der Waals surface area contributed by atoms with Gasteiger partial charge in [0.1, 0.15) is 5.82 Å². The van der Waals surface area contributed by atoms with E-state index in [1.165, 1.54) is 37.8 Å². The van der Waals surface area contributed by atoms with E-state index in [9.17, 15) is 4.39 Å². The Morgan fingerprint density at radius 1 is 1.28 bits per heavy atom. The lowest BCUT2D eigenvalue weighted by atomic mass is 9.96. The first kappa shape index (κ1) is 11.9. The molecule has 0 heterocycles. The summed E-state index contributed by atoms with van der Waals surface area (Å²) in [7, 11) is 0. The van der Waals surface area contributed by atoms with E-state index in [2.05, 4.69) is 10.6 Å². The number of nitrogens with one attached hydrogen (secondary N) is 2. The fourth-order valence-corrected chi connectivity index (χ4v) is 3.59. The first-order chi connectivity index (χ1) is 8.70. The fourth-order valence-electron chi connectivity index (χ4n) is 3.32. The van der Waals surface area contributed by atoms with Crippen LogP contribution >= 0.6 is 12.2 Å². The molecule has 2 saturated carbocycles. The van der Waals surface area contributed by atoms with Crippen LogP contribution in [-0.2, 0) is 0 Å². The molecule has 96 valence electrons. The number of hydrogen-bond acceptors (Lipinski definition) is 1. The van der Waals surface area contributed by atoms with Crippen LogP contribution in [0.1, 0.15) is 25.7 Å². The Labute approximate surface area is 112 Å². The van der Waals surface area contributed by atoms with Gasteiger partial charge in [-0.1, -0.05) is 12.5 Å². The van der Waals surface area contributed by atoms with Crippen molar-refractivity contribution in [1.82, 2.24) is 5.32 Å². The molecule has 0 unspecified atom stereocenters. The maximum Gasteiger partial charge on any atom is 0.171 e. The number of rotatable bonds is 2. The molecule has 1 aromatic carbocycles. The molecule has 0 radical (unpaired) electrons. The Balaban J connectivity index is 1.56. The normalized spacial score (nSPS) is 29.3. The molecular formula is C14H17FN2S. The summed E-state index contributed by atoms with van der Waals surface area (Å²) in [4.78, 5) is 0. The van der Waals surface area contributed by atoms with Crippen LogP contribution in [0.3, 0.4) is 0 Å². The summed E-state index contributed by atoms with van der Waals surface area (Å²) in [6, 6.07) is 6.89. The predicted octanol–water partition coefficient (Wildman–Crippen LogP) is 3.30. The molecule has 2 bridgehead atoms. The first-order valence-corrected chi connectivity index (χ1v) is 6.94. The van der Waals surface area contributed by atoms with Crippen molar-refractivity contribution in [3.05, 3.63) is 30.1 Å². The minimum Gasteiger partial charge on any atom is -0.359 e. The van der Waals surface area contributed by atoms with Gasteiger partial charge in [-0.25, -0.2) is 4.39 Å². The largest absolute Gasteiger partial charge is 0.359 e. The number of anilines is 1. The first-order valence-electron chi connectivity index (χ1n) is 6.54. The van der Waals surface area contributed by atoms with Crippen LogP contribution in [0.2, 0.25) is 0 Å². The van der Waals surface area contributed by atoms with Gasteiger partial charge in [0.15, 0.2) is 5.11 Å². The van der Waals surface area contributed by atoms with Gasteiger partial charge in [0.2, 0.25) is 0 Å². The second-order valence-corrected chi connectivity index (χ2v) is 5.80. The molecule has 3 rings (SSSR count). The van der Waals surface area contributed by atoms with Gasteiger partial charge in [-0.2, -0.15) is 0 Å². The molecular weight excluding hydrogens is 247 g/mol. The topological polar surface area (TPSA) is 24.1 Å². The second-order valence-electron chi connectivity index (χ2n) is 5.39. The van der Waals surface area contributed by atoms with Crippen LogP contribution in [0.4, 0.5) is 10.1 Å². The highest BCUT2D eigenvalue weighted by Gasteiger charge is 2.39. The summed E-state index contributed by atoms with van der Waals surface area (Å²) >= 11 is 5.29. The van der Waals surface area contributed by atoms with E-state index in [1.807, 2.05) is 6.07 Å². The molecule has 2 nitrogen and oxygen atoms in total. The maximum atomic E-state index is 13.0. The lowest BCUT2D eigenvalue weighted by Gasteiger charge is -2.24. The third-order valence-electron chi connectivity index (χ3n) is 4.14. The Morgan fingerprint density at radius 2 is 2.17 bits per heavy atom. The highest BCUT2D eigenvalue weighted by Crippen LogP contribution is 2.44. The Bertz CT molecular complexity index is 463. The Hall–Kier alpha value is -1.16. The van der Waals surface area contributed by atoms with Gasteiger partial charge in [-0.3, -0.25) is 0 Å². The van der Waals surface area contributed by atoms with Gasteiger partial charge < -0.3 is 10.6 Å². The monoisotopic (exact) mass is 264 g/mol. The zero-order valence-corrected chi connectivity index (χ0v) is 11.0. The van der Waals surface area contributed by atoms with E-state index in [4.69, 9.17) is 12.2 Å². The van der Waals surface area contributed by atoms with Gasteiger partial charge in [-0.15, -0.1) is 0 Å². The highest BCUT2D eigenvalue weighted by atomic mass is 32.1. The van der Waals surface area contributed by atoms with E-state index in [-0.39, 0.29) is 5.82 Å². The van der Waals surface area contributed by atoms with Crippen molar-refractivity contribution in [2.24, 2.45) is 11.8 Å². The molecule has 2 aliphatic rings. The predicted molar refractivity (Wildman–Crippen MR) is 75.0 cm³/mol. The van der Waals surface area contributed by atoms with Crippen LogP contribution < -0.4 is 10.6 Å². The highest BCUT2D eigenvalue weighted by molar-refractivity contribution is 7.80. The van der Waals surface area contributed by atoms with Gasteiger partial charge >= 0.3 is 0 Å². The fraction of sp³-hybridized carbons (Fsp3) is 0.500. The van der Waals surface area contributed by atoms with Gasteiger partial charge in [-0.05, 0) is 61.5 Å². The lowest BCUT2D eigenvalue weighted by Crippen LogP contribution is -2.40. The van der Waals surface area contributed by atoms with Crippen LogP contribution in [0.15, 0.2) is 24.3 Å². The molecule has 4 heteroatoms. The average Bonchev–Trinajstić information content (AvgIpc) is 2.90. The van der Waals surface area contributed by atoms with Gasteiger partial charge in [0.25, 0.3) is 0 Å². The number of thiocarbonyl (C=S) groups is 1. The van der Waals surface area contributed by atoms with Gasteiger partial charge in [0.05, 0.1) is 0 Å². The molecule has 1 aromatic rings. The smallest absolute Gasteiger partial charge is 0.171 e. The molecule has 0 saturated heterocycles. The van der Waals surface area contributed by atoms with Crippen LogP contribution in [0.5, 0.6) is 0 Å². The van der Waals surface area contributed by atoms with E-state index < -0.39 is 0 Å². The molecule has 0 aromatic heterocycles. The standard InChI is InChI=1S/C14H17FN2S/c15-11-2-1-3-12(8-11)16-14(18)17-13-7-9-4-5-10(13)6-9/h1-3,8-10,13H,4-7H2,(H2,16,17,18)/t9-,10-,13+/m1/s1. The summed E-state index contributed by atoms with van der Waals surface area (Å²) < 4.78 is 13.0. The number of benzene rings is 1. The molecule has 2 N–H and O–H groups in total. The number of fused-ring (bicyclic) bond motifs is 2. The SMILES string of the molecule is Fc1cccc(NC(=S)N[C@H]2C[C@@H]3CC[C@@H]2C3)c1. The van der Waals surface area contributed by atoms with Gasteiger partial charge in [0, 0.05) is 11.7 Å². The van der Waals surface area contributed by atoms with Crippen LogP contribution in [-0.4, -0.2) is 11.2 Å². The average molecular weight is 264 g/mol. The molecule has 0 amide bonds. The zero-order chi connectivity index (χ0) is 12.5. The second kappa shape index (κ2) is 4.84. The summed E-state index contributed by atoms with van der Waals surface area (Å²) in [5, 5.41) is 7.03. The van der Waals surface area contributed by atoms with Crippen LogP contribution in [0, 0.1) is 17.7 Å². The minimum atomic E-state index is -0.247. The summed E-state index contributed by atoms with van der Waals surface area (Å²) in [6.07, 6.45) is 5.29. The molecule has 2 fully saturated rings. The van der Waals surface area contributed by atoms with E-state index in [1.54, 1.807) is 6.07 Å². The maximum absolute atomic E-state index is 13.0. The molecule has 2 aliphatic carbocycles. The molecule has 3 atom stereocenters. The van der Waals surface area contributed by atoms with Crippen LogP contribution in [0.25, 0.3) is 0 Å². The van der Waals surface area contributed by atoms with E-state index in [0.29, 0.717) is 16.8 Å². The Kier molecular flexibility index (Phi) is 3.20. The van der Waals surface area contributed by atoms with E-state index in [0.717, 1.165) is 11.8 Å². The molecule has 18 heavy (non-hydrogen) atoms. The molecule has 0 aliphatic heterocycles. The number of hydrogen-bond donors (Lipinski definition) is 2. The van der Waals surface area contributed by atoms with Crippen molar-refractivity contribution in [3.8, 4) is 0 Å². The quantitative estimate of drug-likeness (QED) is 0.801. The zero-order valence-electron chi connectivity index (χ0n) is 10.2. The third-order valence-corrected chi connectivity index (χ3v) is 4.36. The van der Waals surface area contributed by atoms with Crippen molar-refractivity contribution in [2.75, 3.05) is 5.32 Å². The summed E-state index contributed by atoms with van der Waals surface area (Å²) in [5.74, 6) is 1.43. The Morgan fingerprint density at radius 3 is 2.83 bits per heavy atom. The minimum absolute atomic E-state index is 0.247. The molecule has 0 spiro atoms. The lowest BCUT2D eigenvalue weighted by molar-refractivity contribution is 0.392. The van der Waals surface area contributed by atoms with Crippen molar-refractivity contribution in [2.45, 2.75) is 31.7 Å². The summed E-state index contributed by atoms with van der Waals surface area (Å²) in [6.45, 7) is 0. The summed E-state index contributed by atoms with van der Waals surface area (Å²) in [5.41, 5.74) is 0.704. The number of halogens is 1. The van der Waals surface area contributed by atoms with E-state index >= 15 is 0 Å². The van der Waals surface area contributed by atoms with Crippen molar-refractivity contribution < 1.29 is 4.39 Å². The third kappa shape index (κ3) is 2.48. The van der Waals surface area contributed by atoms with Crippen molar-refractivity contribution in [1.29, 1.82) is 0 Å². The van der Waals surface area contributed by atoms with Crippen molar-refractivity contribution >= 4 is 23.0 Å². The van der Waals surface area contributed by atoms with Crippen molar-refractivity contribution in [3.63, 3.8) is 0 Å².